The minimum atomic E-state index is -0.0169. The largest absolute Gasteiger partial charge is 0.378 e. The van der Waals surface area contributed by atoms with Crippen LogP contribution in [0.4, 0.5) is 11.4 Å². The molecule has 0 aromatic heterocycles. The molecule has 150 valence electrons. The molecule has 30 heavy (non-hydrogen) atoms. The molecule has 3 aromatic carbocycles. The third-order valence-electron chi connectivity index (χ3n) is 5.54. The van der Waals surface area contributed by atoms with Crippen LogP contribution in [0.3, 0.4) is 0 Å². The molecule has 3 aromatic rings. The van der Waals surface area contributed by atoms with Crippen molar-refractivity contribution in [3.05, 3.63) is 102 Å². The molecule has 4 nitrogen and oxygen atoms in total. The fourth-order valence-electron chi connectivity index (χ4n) is 3.84. The van der Waals surface area contributed by atoms with Gasteiger partial charge in [-0.05, 0) is 35.4 Å². The molecule has 1 amide bonds. The van der Waals surface area contributed by atoms with Crippen LogP contribution in [0.25, 0.3) is 5.57 Å². The summed E-state index contributed by atoms with van der Waals surface area (Å²) in [5.74, 6) is -0.0169. The topological polar surface area (TPSA) is 26.6 Å². The van der Waals surface area contributed by atoms with Crippen LogP contribution < -0.4 is 9.91 Å². The maximum atomic E-state index is 13.7. The summed E-state index contributed by atoms with van der Waals surface area (Å²) in [5.41, 5.74) is 6.64. The van der Waals surface area contributed by atoms with E-state index in [-0.39, 0.29) is 5.91 Å². The zero-order valence-electron chi connectivity index (χ0n) is 17.8. The van der Waals surface area contributed by atoms with Crippen LogP contribution in [0.5, 0.6) is 0 Å². The van der Waals surface area contributed by atoms with Gasteiger partial charge < -0.3 is 4.90 Å². The molecule has 0 aliphatic carbocycles. The lowest BCUT2D eigenvalue weighted by molar-refractivity contribution is -0.495. The number of carbonyl (C=O) groups is 1. The molecule has 0 saturated heterocycles. The van der Waals surface area contributed by atoms with Gasteiger partial charge in [-0.2, -0.15) is 0 Å². The van der Waals surface area contributed by atoms with Crippen molar-refractivity contribution in [2.45, 2.75) is 6.92 Å². The molecule has 0 radical (unpaired) electrons. The molecule has 0 fully saturated rings. The quantitative estimate of drug-likeness (QED) is 0.475. The third kappa shape index (κ3) is 3.41. The van der Waals surface area contributed by atoms with E-state index in [2.05, 4.69) is 41.3 Å². The third-order valence-corrected chi connectivity index (χ3v) is 5.54. The van der Waals surface area contributed by atoms with Gasteiger partial charge in [0.2, 0.25) is 5.71 Å². The number of carbonyl (C=O) groups excluding carboxylic acids is 1. The Morgan fingerprint density at radius 3 is 1.90 bits per heavy atom. The Balaban J connectivity index is 1.93. The average molecular weight is 397 g/mol. The Morgan fingerprint density at radius 2 is 1.33 bits per heavy atom. The van der Waals surface area contributed by atoms with Crippen LogP contribution in [0, 0.1) is 0 Å². The van der Waals surface area contributed by atoms with Gasteiger partial charge in [0.1, 0.15) is 11.3 Å². The summed E-state index contributed by atoms with van der Waals surface area (Å²) in [4.78, 5) is 15.8. The Hall–Kier alpha value is -3.66. The number of amides is 1. The van der Waals surface area contributed by atoms with Crippen LogP contribution in [0.15, 0.2) is 90.5 Å². The van der Waals surface area contributed by atoms with Crippen LogP contribution in [-0.2, 0) is 4.79 Å². The smallest absolute Gasteiger partial charge is 0.320 e. The highest BCUT2D eigenvalue weighted by molar-refractivity contribution is 6.31. The number of benzene rings is 3. The number of nitrogens with zero attached hydrogens (tertiary/aromatic N) is 3. The number of hydrazone groups is 1. The van der Waals surface area contributed by atoms with Crippen molar-refractivity contribution in [3.8, 4) is 0 Å². The molecule has 1 aliphatic rings. The fraction of sp³-hybridized carbons (Fsp3) is 0.154. The van der Waals surface area contributed by atoms with Crippen LogP contribution >= 0.6 is 0 Å². The van der Waals surface area contributed by atoms with Crippen molar-refractivity contribution in [3.63, 3.8) is 0 Å². The molecule has 0 N–H and O–H groups in total. The van der Waals surface area contributed by atoms with E-state index >= 15 is 0 Å². The van der Waals surface area contributed by atoms with Crippen LogP contribution in [0.2, 0.25) is 0 Å². The van der Waals surface area contributed by atoms with Gasteiger partial charge in [-0.1, -0.05) is 65.7 Å². The van der Waals surface area contributed by atoms with E-state index in [0.29, 0.717) is 0 Å². The lowest BCUT2D eigenvalue weighted by atomic mass is 9.91. The summed E-state index contributed by atoms with van der Waals surface area (Å²) < 4.78 is 1.93. The standard InChI is InChI=1S/C26H26N3O/c1-19-24(26(30)29(28(19)4)23-13-9-6-10-14-23)25(20-11-7-5-8-12-20)21-15-17-22(18-16-21)27(2)3/h5-18H,1-4H3/q+1. The predicted molar refractivity (Wildman–Crippen MR) is 124 cm³/mol. The van der Waals surface area contributed by atoms with Crippen molar-refractivity contribution in [2.24, 2.45) is 0 Å². The first-order valence-corrected chi connectivity index (χ1v) is 10.0. The first-order chi connectivity index (χ1) is 14.5. The molecule has 0 saturated carbocycles. The van der Waals surface area contributed by atoms with E-state index in [0.717, 1.165) is 39.4 Å². The van der Waals surface area contributed by atoms with Gasteiger partial charge in [0.25, 0.3) is 0 Å². The van der Waals surface area contributed by atoms with Gasteiger partial charge >= 0.3 is 5.91 Å². The summed E-state index contributed by atoms with van der Waals surface area (Å²) in [6, 6.07) is 28.3. The summed E-state index contributed by atoms with van der Waals surface area (Å²) in [5, 5.41) is 1.74. The zero-order chi connectivity index (χ0) is 21.3. The van der Waals surface area contributed by atoms with Gasteiger partial charge in [0.15, 0.2) is 7.05 Å². The van der Waals surface area contributed by atoms with E-state index < -0.39 is 0 Å². The van der Waals surface area contributed by atoms with E-state index in [1.807, 2.05) is 81.3 Å². The molecule has 0 bridgehead atoms. The second-order valence-electron chi connectivity index (χ2n) is 7.62. The highest BCUT2D eigenvalue weighted by atomic mass is 16.2. The highest BCUT2D eigenvalue weighted by Crippen LogP contribution is 2.33. The minimum Gasteiger partial charge on any atom is -0.378 e. The summed E-state index contributed by atoms with van der Waals surface area (Å²) in [6.45, 7) is 2.01. The Labute approximate surface area is 178 Å². The predicted octanol–water partition coefficient (Wildman–Crippen LogP) is 4.62. The number of hydrogen-bond acceptors (Lipinski definition) is 2. The molecule has 1 heterocycles. The van der Waals surface area contributed by atoms with E-state index in [9.17, 15) is 4.79 Å². The summed E-state index contributed by atoms with van der Waals surface area (Å²) >= 11 is 0. The Morgan fingerprint density at radius 1 is 0.800 bits per heavy atom. The van der Waals surface area contributed by atoms with E-state index in [4.69, 9.17) is 0 Å². The number of rotatable bonds is 4. The molecular formula is C26H26N3O+. The number of para-hydroxylation sites is 1. The number of hydrazine groups is 1. The second-order valence-corrected chi connectivity index (χ2v) is 7.62. The maximum Gasteiger partial charge on any atom is 0.320 e. The van der Waals surface area contributed by atoms with Crippen LogP contribution in [0.1, 0.15) is 18.1 Å². The Kier molecular flexibility index (Phi) is 5.23. The van der Waals surface area contributed by atoms with Gasteiger partial charge in [-0.15, -0.1) is 4.68 Å². The molecule has 0 atom stereocenters. The molecule has 1 aliphatic heterocycles. The molecule has 4 heteroatoms. The van der Waals surface area contributed by atoms with Crippen molar-refractivity contribution >= 4 is 28.6 Å². The van der Waals surface area contributed by atoms with Crippen molar-refractivity contribution in [2.75, 3.05) is 31.1 Å². The van der Waals surface area contributed by atoms with Gasteiger partial charge in [0, 0.05) is 32.3 Å². The van der Waals surface area contributed by atoms with Crippen molar-refractivity contribution < 1.29 is 9.48 Å². The lowest BCUT2D eigenvalue weighted by Gasteiger charge is -2.15. The second kappa shape index (κ2) is 7.99. The SMILES string of the molecule is CC1=[N+](C)N(c2ccccc2)C(=O)C1=C(c1ccccc1)c1ccc(N(C)C)cc1. The first kappa shape index (κ1) is 19.6. The van der Waals surface area contributed by atoms with Gasteiger partial charge in [-0.25, -0.2) is 0 Å². The van der Waals surface area contributed by atoms with Gasteiger partial charge in [-0.3, -0.25) is 4.79 Å². The molecule has 0 spiro atoms. The van der Waals surface area contributed by atoms with Crippen molar-refractivity contribution in [1.82, 2.24) is 0 Å². The normalized spacial score (nSPS) is 15.6. The average Bonchev–Trinajstić information content (AvgIpc) is 2.99. The minimum absolute atomic E-state index is 0.0169. The molecule has 4 rings (SSSR count). The van der Waals surface area contributed by atoms with E-state index in [1.54, 1.807) is 5.01 Å². The lowest BCUT2D eigenvalue weighted by Crippen LogP contribution is -2.33. The monoisotopic (exact) mass is 396 g/mol. The fourth-order valence-corrected chi connectivity index (χ4v) is 3.84. The zero-order valence-corrected chi connectivity index (χ0v) is 17.8. The first-order valence-electron chi connectivity index (χ1n) is 10.0. The number of hydrogen-bond donors (Lipinski definition) is 0. The summed E-state index contributed by atoms with van der Waals surface area (Å²) in [7, 11) is 5.98. The van der Waals surface area contributed by atoms with Crippen molar-refractivity contribution in [1.29, 1.82) is 0 Å². The van der Waals surface area contributed by atoms with Crippen LogP contribution in [-0.4, -0.2) is 37.4 Å². The highest BCUT2D eigenvalue weighted by Gasteiger charge is 2.42. The number of anilines is 2. The van der Waals surface area contributed by atoms with E-state index in [1.165, 1.54) is 0 Å². The summed E-state index contributed by atoms with van der Waals surface area (Å²) in [6.07, 6.45) is 0. The molecule has 0 unspecified atom stereocenters. The Bertz CT molecular complexity index is 1130. The maximum absolute atomic E-state index is 13.7. The molecular weight excluding hydrogens is 370 g/mol. The van der Waals surface area contributed by atoms with Gasteiger partial charge in [0.05, 0.1) is 0 Å².